The fourth-order valence-corrected chi connectivity index (χ4v) is 1.79. The number of ether oxygens (including phenoxy) is 1. The van der Waals surface area contributed by atoms with Crippen LogP contribution in [0.15, 0.2) is 36.4 Å². The lowest BCUT2D eigenvalue weighted by Crippen LogP contribution is -2.36. The number of methoxy groups -OCH3 is 1. The Labute approximate surface area is 113 Å². The molecule has 20 heavy (non-hydrogen) atoms. The standard InChI is InChI=1S/C14H12F3NO2/c1-20-12-5-4-10-6-9(2-3-11(10)7-12)8-18-13(19)14(15,16)17/h2-7H,8H2,1H3,(H,18,19). The molecule has 2 aromatic carbocycles. The van der Waals surface area contributed by atoms with Crippen molar-refractivity contribution < 1.29 is 22.7 Å². The lowest BCUT2D eigenvalue weighted by molar-refractivity contribution is -0.173. The maximum Gasteiger partial charge on any atom is 0.471 e. The van der Waals surface area contributed by atoms with Crippen molar-refractivity contribution in [3.05, 3.63) is 42.0 Å². The second kappa shape index (κ2) is 5.40. The topological polar surface area (TPSA) is 38.3 Å². The first-order chi connectivity index (χ1) is 9.40. The molecule has 0 aliphatic rings. The Morgan fingerprint density at radius 1 is 1.15 bits per heavy atom. The van der Waals surface area contributed by atoms with Gasteiger partial charge in [0, 0.05) is 6.54 Å². The van der Waals surface area contributed by atoms with Crippen LogP contribution in [0.4, 0.5) is 13.2 Å². The Bertz CT molecular complexity index is 638. The number of alkyl halides is 3. The number of halogens is 3. The Morgan fingerprint density at radius 3 is 2.45 bits per heavy atom. The molecule has 0 atom stereocenters. The molecule has 0 aliphatic carbocycles. The molecule has 106 valence electrons. The molecule has 0 spiro atoms. The molecule has 2 rings (SSSR count). The molecule has 6 heteroatoms. The number of hydrogen-bond acceptors (Lipinski definition) is 2. The van der Waals surface area contributed by atoms with E-state index in [4.69, 9.17) is 4.74 Å². The number of amides is 1. The minimum absolute atomic E-state index is 0.166. The highest BCUT2D eigenvalue weighted by Crippen LogP contribution is 2.22. The molecule has 3 nitrogen and oxygen atoms in total. The Morgan fingerprint density at radius 2 is 1.80 bits per heavy atom. The number of rotatable bonds is 3. The SMILES string of the molecule is COc1ccc2cc(CNC(=O)C(F)(F)F)ccc2c1. The van der Waals surface area contributed by atoms with Gasteiger partial charge in [-0.3, -0.25) is 4.79 Å². The number of carbonyl (C=O) groups is 1. The van der Waals surface area contributed by atoms with Gasteiger partial charge >= 0.3 is 12.1 Å². The summed E-state index contributed by atoms with van der Waals surface area (Å²) < 4.78 is 41.3. The zero-order valence-corrected chi connectivity index (χ0v) is 10.6. The number of carbonyl (C=O) groups excluding carboxylic acids is 1. The summed E-state index contributed by atoms with van der Waals surface area (Å²) in [5.41, 5.74) is 0.597. The summed E-state index contributed by atoms with van der Waals surface area (Å²) >= 11 is 0. The molecular weight excluding hydrogens is 271 g/mol. The maximum absolute atomic E-state index is 12.1. The van der Waals surface area contributed by atoms with E-state index >= 15 is 0 Å². The normalized spacial score (nSPS) is 11.4. The van der Waals surface area contributed by atoms with Crippen LogP contribution in [0.1, 0.15) is 5.56 Å². The smallest absolute Gasteiger partial charge is 0.471 e. The van der Waals surface area contributed by atoms with E-state index in [0.717, 1.165) is 10.8 Å². The summed E-state index contributed by atoms with van der Waals surface area (Å²) in [5, 5.41) is 3.62. The molecule has 0 bridgehead atoms. The largest absolute Gasteiger partial charge is 0.497 e. The van der Waals surface area contributed by atoms with Crippen molar-refractivity contribution >= 4 is 16.7 Å². The zero-order chi connectivity index (χ0) is 14.8. The molecule has 0 unspecified atom stereocenters. The Balaban J connectivity index is 2.14. The molecular formula is C14H12F3NO2. The summed E-state index contributed by atoms with van der Waals surface area (Å²) in [7, 11) is 1.56. The fraction of sp³-hybridized carbons (Fsp3) is 0.214. The van der Waals surface area contributed by atoms with Crippen molar-refractivity contribution in [1.29, 1.82) is 0 Å². The van der Waals surface area contributed by atoms with Crippen LogP contribution in [0.3, 0.4) is 0 Å². The quantitative estimate of drug-likeness (QED) is 0.940. The second-order valence-corrected chi connectivity index (χ2v) is 4.23. The van der Waals surface area contributed by atoms with Crippen LogP contribution in [0.5, 0.6) is 5.75 Å². The van der Waals surface area contributed by atoms with Crippen molar-refractivity contribution in [3.8, 4) is 5.75 Å². The summed E-state index contributed by atoms with van der Waals surface area (Å²) in [5.74, 6) is -1.23. The lowest BCUT2D eigenvalue weighted by Gasteiger charge is -2.09. The van der Waals surface area contributed by atoms with Gasteiger partial charge in [0.1, 0.15) is 5.75 Å². The van der Waals surface area contributed by atoms with E-state index < -0.39 is 12.1 Å². The molecule has 0 saturated heterocycles. The first-order valence-corrected chi connectivity index (χ1v) is 5.82. The van der Waals surface area contributed by atoms with Crippen LogP contribution in [0, 0.1) is 0 Å². The van der Waals surface area contributed by atoms with Crippen LogP contribution in [0.2, 0.25) is 0 Å². The number of fused-ring (bicyclic) bond motifs is 1. The molecule has 2 aromatic rings. The Kier molecular flexibility index (Phi) is 3.83. The summed E-state index contributed by atoms with van der Waals surface area (Å²) in [6, 6.07) is 10.6. The van der Waals surface area contributed by atoms with E-state index in [0.29, 0.717) is 11.3 Å². The molecule has 0 saturated carbocycles. The van der Waals surface area contributed by atoms with Crippen molar-refractivity contribution in [1.82, 2.24) is 5.32 Å². The number of nitrogens with one attached hydrogen (secondary N) is 1. The highest BCUT2D eigenvalue weighted by Gasteiger charge is 2.38. The summed E-state index contributed by atoms with van der Waals surface area (Å²) in [6.45, 7) is -0.166. The highest BCUT2D eigenvalue weighted by atomic mass is 19.4. The van der Waals surface area contributed by atoms with E-state index in [1.807, 2.05) is 17.4 Å². The molecule has 0 aliphatic heterocycles. The minimum atomic E-state index is -4.86. The van der Waals surface area contributed by atoms with Gasteiger partial charge in [-0.25, -0.2) is 0 Å². The zero-order valence-electron chi connectivity index (χ0n) is 10.6. The molecule has 1 amide bonds. The van der Waals surface area contributed by atoms with Gasteiger partial charge in [0.15, 0.2) is 0 Å². The van der Waals surface area contributed by atoms with Gasteiger partial charge in [-0.05, 0) is 34.5 Å². The van der Waals surface area contributed by atoms with E-state index in [2.05, 4.69) is 0 Å². The third kappa shape index (κ3) is 3.20. The average Bonchev–Trinajstić information content (AvgIpc) is 2.42. The van der Waals surface area contributed by atoms with Gasteiger partial charge in [-0.2, -0.15) is 13.2 Å². The molecule has 1 N–H and O–H groups in total. The number of hydrogen-bond donors (Lipinski definition) is 1. The van der Waals surface area contributed by atoms with E-state index in [1.165, 1.54) is 0 Å². The molecule has 0 heterocycles. The predicted octanol–water partition coefficient (Wildman–Crippen LogP) is 3.03. The van der Waals surface area contributed by atoms with Gasteiger partial charge in [0.2, 0.25) is 0 Å². The average molecular weight is 283 g/mol. The van der Waals surface area contributed by atoms with Crippen molar-refractivity contribution in [2.45, 2.75) is 12.7 Å². The second-order valence-electron chi connectivity index (χ2n) is 4.23. The summed E-state index contributed by atoms with van der Waals surface area (Å²) in [6.07, 6.45) is -4.86. The van der Waals surface area contributed by atoms with E-state index in [-0.39, 0.29) is 6.54 Å². The summed E-state index contributed by atoms with van der Waals surface area (Å²) in [4.78, 5) is 10.7. The molecule has 0 aromatic heterocycles. The third-order valence-electron chi connectivity index (χ3n) is 2.82. The minimum Gasteiger partial charge on any atom is -0.497 e. The van der Waals surface area contributed by atoms with Gasteiger partial charge in [-0.15, -0.1) is 0 Å². The van der Waals surface area contributed by atoms with Gasteiger partial charge in [0.05, 0.1) is 7.11 Å². The van der Waals surface area contributed by atoms with Crippen LogP contribution in [-0.4, -0.2) is 19.2 Å². The Hall–Kier alpha value is -2.24. The third-order valence-corrected chi connectivity index (χ3v) is 2.82. The predicted molar refractivity (Wildman–Crippen MR) is 68.4 cm³/mol. The van der Waals surface area contributed by atoms with Crippen molar-refractivity contribution in [3.63, 3.8) is 0 Å². The van der Waals surface area contributed by atoms with Crippen LogP contribution < -0.4 is 10.1 Å². The van der Waals surface area contributed by atoms with E-state index in [1.54, 1.807) is 31.4 Å². The lowest BCUT2D eigenvalue weighted by atomic mass is 10.1. The van der Waals surface area contributed by atoms with E-state index in [9.17, 15) is 18.0 Å². The van der Waals surface area contributed by atoms with Crippen molar-refractivity contribution in [2.24, 2.45) is 0 Å². The van der Waals surface area contributed by atoms with Gasteiger partial charge in [-0.1, -0.05) is 18.2 Å². The molecule has 0 fully saturated rings. The van der Waals surface area contributed by atoms with Crippen LogP contribution >= 0.6 is 0 Å². The van der Waals surface area contributed by atoms with Gasteiger partial charge < -0.3 is 10.1 Å². The van der Waals surface area contributed by atoms with Crippen LogP contribution in [0.25, 0.3) is 10.8 Å². The van der Waals surface area contributed by atoms with Crippen molar-refractivity contribution in [2.75, 3.05) is 7.11 Å². The number of benzene rings is 2. The first-order valence-electron chi connectivity index (χ1n) is 5.82. The monoisotopic (exact) mass is 283 g/mol. The highest BCUT2D eigenvalue weighted by molar-refractivity contribution is 5.85. The first kappa shape index (κ1) is 14.2. The fourth-order valence-electron chi connectivity index (χ4n) is 1.79. The van der Waals surface area contributed by atoms with Crippen LogP contribution in [-0.2, 0) is 11.3 Å². The van der Waals surface area contributed by atoms with Gasteiger partial charge in [0.25, 0.3) is 0 Å². The molecule has 0 radical (unpaired) electrons. The maximum atomic E-state index is 12.1.